The van der Waals surface area contributed by atoms with Gasteiger partial charge in [0.2, 0.25) is 0 Å². The van der Waals surface area contributed by atoms with Crippen LogP contribution in [0.25, 0.3) is 0 Å². The Morgan fingerprint density at radius 3 is 0.692 bits per heavy atom. The van der Waals surface area contributed by atoms with E-state index in [1.54, 1.807) is 0 Å². The molecule has 8 nitrogen and oxygen atoms in total. The van der Waals surface area contributed by atoms with Crippen LogP contribution in [0.1, 0.15) is 0 Å². The summed E-state index contributed by atoms with van der Waals surface area (Å²) in [5, 5.41) is 0. The monoisotopic (exact) mass is 334 g/mol. The summed E-state index contributed by atoms with van der Waals surface area (Å²) in [4.78, 5) is 0. The van der Waals surface area contributed by atoms with Gasteiger partial charge in [0.15, 0.2) is 0 Å². The van der Waals surface area contributed by atoms with Crippen LogP contribution in [-0.4, -0.2) is 124 Å². The molecule has 0 bridgehead atoms. The van der Waals surface area contributed by atoms with Gasteiger partial charge in [0.25, 0.3) is 0 Å². The van der Waals surface area contributed by atoms with Gasteiger partial charge in [0, 0.05) is 17.1 Å². The fourth-order valence-corrected chi connectivity index (χ4v) is 0. The van der Waals surface area contributed by atoms with Crippen LogP contribution in [-0.2, 0) is 37.9 Å². The zero-order chi connectivity index (χ0) is 9.00. The van der Waals surface area contributed by atoms with Gasteiger partial charge >= 0.3 is 110 Å². The Kier molecular flexibility index (Phi) is 30.3. The molecule has 13 heavy (non-hydrogen) atoms. The van der Waals surface area contributed by atoms with Gasteiger partial charge in [0.1, 0.15) is 0 Å². The Hall–Kier alpha value is 3.16. The van der Waals surface area contributed by atoms with Crippen molar-refractivity contribution >= 4 is 110 Å². The molecule has 0 aromatic heterocycles. The molecule has 0 saturated heterocycles. The van der Waals surface area contributed by atoms with Gasteiger partial charge in [-0.1, -0.05) is 0 Å². The van der Waals surface area contributed by atoms with Crippen LogP contribution in [0.2, 0.25) is 0 Å². The quantitative estimate of drug-likeness (QED) is 0.273. The Balaban J connectivity index is -0.0000000267. The maximum absolute atomic E-state index is 8.74. The topological polar surface area (TPSA) is 149 Å². The van der Waals surface area contributed by atoms with E-state index >= 15 is 0 Å². The molecule has 0 atom stereocenters. The first kappa shape index (κ1) is 29.8. The van der Waals surface area contributed by atoms with Crippen LogP contribution < -0.4 is 0 Å². The molecular formula is H7CaFeKO8S2. The summed E-state index contributed by atoms with van der Waals surface area (Å²) in [5.41, 5.74) is 0. The van der Waals surface area contributed by atoms with Gasteiger partial charge in [-0.25, -0.2) is 0 Å². The van der Waals surface area contributed by atoms with Crippen molar-refractivity contribution in [2.24, 2.45) is 0 Å². The fourth-order valence-electron chi connectivity index (χ4n) is 0. The molecular weight excluding hydrogens is 327 g/mol. The third kappa shape index (κ3) is 263. The van der Waals surface area contributed by atoms with Crippen molar-refractivity contribution in [3.8, 4) is 0 Å². The average Bonchev–Trinajstić information content (AvgIpc) is 1.12. The summed E-state index contributed by atoms with van der Waals surface area (Å²) in [6.45, 7) is 0. The number of hydrogen-bond acceptors (Lipinski definition) is 4. The molecule has 78 valence electrons. The van der Waals surface area contributed by atoms with Gasteiger partial charge in [-0.05, 0) is 0 Å². The van der Waals surface area contributed by atoms with E-state index in [0.29, 0.717) is 0 Å². The fraction of sp³-hybridized carbons (Fsp3) is 0. The van der Waals surface area contributed by atoms with E-state index in [1.165, 1.54) is 0 Å². The van der Waals surface area contributed by atoms with Crippen LogP contribution in [0, 0.1) is 0 Å². The third-order valence-corrected chi connectivity index (χ3v) is 0. The summed E-state index contributed by atoms with van der Waals surface area (Å²) >= 11 is 0. The van der Waals surface area contributed by atoms with E-state index in [4.69, 9.17) is 35.0 Å². The number of rotatable bonds is 0. The van der Waals surface area contributed by atoms with E-state index in [9.17, 15) is 0 Å². The minimum atomic E-state index is -4.67. The van der Waals surface area contributed by atoms with Crippen LogP contribution in [0.5, 0.6) is 0 Å². The molecule has 0 aliphatic carbocycles. The van der Waals surface area contributed by atoms with E-state index in [2.05, 4.69) is 0 Å². The van der Waals surface area contributed by atoms with E-state index in [0.717, 1.165) is 0 Å². The summed E-state index contributed by atoms with van der Waals surface area (Å²) < 4.78 is 63.2. The van der Waals surface area contributed by atoms with Crippen LogP contribution in [0.3, 0.4) is 0 Å². The normalized spacial score (nSPS) is 8.92. The molecule has 4 N–H and O–H groups in total. The van der Waals surface area contributed by atoms with Crippen molar-refractivity contribution in [1.29, 1.82) is 0 Å². The zero-order valence-electron chi connectivity index (χ0n) is 4.59. The summed E-state index contributed by atoms with van der Waals surface area (Å²) in [5.74, 6) is 0. The van der Waals surface area contributed by atoms with Gasteiger partial charge < -0.3 is 0 Å². The first-order valence-electron chi connectivity index (χ1n) is 1.40. The summed E-state index contributed by atoms with van der Waals surface area (Å²) in [6, 6.07) is 0. The molecule has 13 heteroatoms. The summed E-state index contributed by atoms with van der Waals surface area (Å²) in [6.07, 6.45) is 0. The second kappa shape index (κ2) is 13.2. The Bertz CT molecular complexity index is 219. The van der Waals surface area contributed by atoms with Crippen molar-refractivity contribution in [2.75, 3.05) is 0 Å². The second-order valence-electron chi connectivity index (χ2n) is 0.896. The molecule has 0 aliphatic heterocycles. The minimum absolute atomic E-state index is 0. The SMILES string of the molecule is O=S(=O)(O)O.O=S(=O)(O)O.[CaH2].[Fe].[KH]. The van der Waals surface area contributed by atoms with E-state index in [-0.39, 0.29) is 106 Å². The molecule has 0 aliphatic rings. The molecule has 0 unspecified atom stereocenters. The third-order valence-electron chi connectivity index (χ3n) is 0. The van der Waals surface area contributed by atoms with Crippen LogP contribution >= 0.6 is 0 Å². The second-order valence-corrected chi connectivity index (χ2v) is 2.69. The Morgan fingerprint density at radius 2 is 0.692 bits per heavy atom. The van der Waals surface area contributed by atoms with Crippen LogP contribution in [0.15, 0.2) is 0 Å². The maximum atomic E-state index is 8.74. The molecule has 0 spiro atoms. The van der Waals surface area contributed by atoms with Crippen molar-refractivity contribution in [1.82, 2.24) is 0 Å². The van der Waals surface area contributed by atoms with Gasteiger partial charge in [-0.2, -0.15) is 16.8 Å². The molecule has 0 amide bonds. The van der Waals surface area contributed by atoms with Crippen molar-refractivity contribution in [3.63, 3.8) is 0 Å². The Morgan fingerprint density at radius 1 is 0.692 bits per heavy atom. The number of hydrogen-bond donors (Lipinski definition) is 4. The molecule has 0 radical (unpaired) electrons. The average molecular weight is 334 g/mol. The van der Waals surface area contributed by atoms with Crippen LogP contribution in [0.4, 0.5) is 0 Å². The molecule has 0 rings (SSSR count). The molecule has 0 fully saturated rings. The van der Waals surface area contributed by atoms with E-state index < -0.39 is 20.8 Å². The first-order valence-corrected chi connectivity index (χ1v) is 4.19. The van der Waals surface area contributed by atoms with Gasteiger partial charge in [-0.3, -0.25) is 18.2 Å². The molecule has 0 aromatic rings. The van der Waals surface area contributed by atoms with Crippen molar-refractivity contribution in [3.05, 3.63) is 0 Å². The zero-order valence-corrected chi connectivity index (χ0v) is 7.33. The molecule has 0 heterocycles. The van der Waals surface area contributed by atoms with Gasteiger partial charge in [0.05, 0.1) is 0 Å². The van der Waals surface area contributed by atoms with Gasteiger partial charge in [-0.15, -0.1) is 0 Å². The summed E-state index contributed by atoms with van der Waals surface area (Å²) in [7, 11) is -9.33. The Labute approximate surface area is 158 Å². The predicted molar refractivity (Wildman–Crippen MR) is 44.0 cm³/mol. The standard InChI is InChI=1S/Ca.Fe.K.2H2O4S.3H/c;;;2*1-5(2,3)4;;;/h;;;2*(H2,1,2,3,4);;;. The molecule has 0 aromatic carbocycles. The first-order chi connectivity index (χ1) is 4.00. The van der Waals surface area contributed by atoms with E-state index in [1.807, 2.05) is 0 Å². The predicted octanol–water partition coefficient (Wildman–Crippen LogP) is -2.87. The molecule has 0 saturated carbocycles. The van der Waals surface area contributed by atoms with Crippen molar-refractivity contribution < 1.29 is 52.1 Å². The van der Waals surface area contributed by atoms with Crippen molar-refractivity contribution in [2.45, 2.75) is 0 Å².